The van der Waals surface area contributed by atoms with Crippen LogP contribution in [-0.4, -0.2) is 31.4 Å². The van der Waals surface area contributed by atoms with E-state index in [0.29, 0.717) is 12.8 Å². The van der Waals surface area contributed by atoms with E-state index in [4.69, 9.17) is 4.84 Å². The van der Waals surface area contributed by atoms with Crippen LogP contribution in [0.3, 0.4) is 0 Å². The Morgan fingerprint density at radius 1 is 1.58 bits per heavy atom. The van der Waals surface area contributed by atoms with E-state index in [1.165, 1.54) is 5.06 Å². The number of carbonyl (C=O) groups is 2. The van der Waals surface area contributed by atoms with Crippen molar-refractivity contribution in [3.05, 3.63) is 0 Å². The molecule has 1 atom stereocenters. The zero-order chi connectivity index (χ0) is 9.56. The number of nitrogens with zero attached hydrogens (tertiary/aromatic N) is 1. The predicted octanol–water partition coefficient (Wildman–Crippen LogP) is 0.621. The van der Waals surface area contributed by atoms with Crippen molar-refractivity contribution in [1.82, 2.24) is 5.06 Å². The first-order valence-electron chi connectivity index (χ1n) is 3.90. The van der Waals surface area contributed by atoms with E-state index in [-0.39, 0.29) is 11.9 Å². The Morgan fingerprint density at radius 3 is 2.58 bits per heavy atom. The molecule has 70 valence electrons. The highest BCUT2D eigenvalue weighted by atomic mass is 16.7. The first-order valence-corrected chi connectivity index (χ1v) is 3.90. The molecule has 0 rings (SSSR count). The zero-order valence-electron chi connectivity index (χ0n) is 7.74. The van der Waals surface area contributed by atoms with Gasteiger partial charge < -0.3 is 9.63 Å². The van der Waals surface area contributed by atoms with Gasteiger partial charge in [-0.15, -0.1) is 5.06 Å². The van der Waals surface area contributed by atoms with Crippen molar-refractivity contribution in [2.45, 2.75) is 19.8 Å². The fraction of sp³-hybridized carbons (Fsp3) is 0.750. The molecule has 0 spiro atoms. The summed E-state index contributed by atoms with van der Waals surface area (Å²) in [5.74, 6) is -0.501. The summed E-state index contributed by atoms with van der Waals surface area (Å²) in [6, 6.07) is 0. The molecule has 4 nitrogen and oxygen atoms in total. The van der Waals surface area contributed by atoms with Gasteiger partial charge in [0.15, 0.2) is 0 Å². The lowest BCUT2D eigenvalue weighted by atomic mass is 10.1. The Morgan fingerprint density at radius 2 is 2.17 bits per heavy atom. The Bertz CT molecular complexity index is 156. The summed E-state index contributed by atoms with van der Waals surface area (Å²) in [6.45, 7) is 1.75. The molecule has 0 N–H and O–H groups in total. The predicted molar refractivity (Wildman–Crippen MR) is 44.2 cm³/mol. The molecule has 0 saturated carbocycles. The van der Waals surface area contributed by atoms with Crippen molar-refractivity contribution >= 4 is 12.3 Å². The average molecular weight is 173 g/mol. The number of aldehydes is 1. The quantitative estimate of drug-likeness (QED) is 0.451. The van der Waals surface area contributed by atoms with Gasteiger partial charge in [-0.3, -0.25) is 4.79 Å². The lowest BCUT2D eigenvalue weighted by Gasteiger charge is -2.13. The molecular formula is C8H15NO3. The summed E-state index contributed by atoms with van der Waals surface area (Å²) in [5.41, 5.74) is 0. The molecule has 4 heteroatoms. The SMILES string of the molecule is CC(CCC=O)C(=O)ON(C)C. The van der Waals surface area contributed by atoms with Gasteiger partial charge in [0, 0.05) is 20.5 Å². The van der Waals surface area contributed by atoms with E-state index in [0.717, 1.165) is 6.29 Å². The van der Waals surface area contributed by atoms with Crippen LogP contribution < -0.4 is 0 Å². The van der Waals surface area contributed by atoms with Crippen LogP contribution in [0.1, 0.15) is 19.8 Å². The lowest BCUT2D eigenvalue weighted by molar-refractivity contribution is -0.183. The normalized spacial score (nSPS) is 12.7. The monoisotopic (exact) mass is 173 g/mol. The number of rotatable bonds is 5. The summed E-state index contributed by atoms with van der Waals surface area (Å²) < 4.78 is 0. The minimum absolute atomic E-state index is 0.211. The molecule has 0 heterocycles. The van der Waals surface area contributed by atoms with Crippen molar-refractivity contribution in [2.24, 2.45) is 5.92 Å². The second-order valence-corrected chi connectivity index (χ2v) is 2.87. The van der Waals surface area contributed by atoms with Crippen LogP contribution >= 0.6 is 0 Å². The number of carbonyl (C=O) groups excluding carboxylic acids is 2. The Kier molecular flexibility index (Phi) is 5.28. The largest absolute Gasteiger partial charge is 0.368 e. The van der Waals surface area contributed by atoms with Gasteiger partial charge in [-0.2, -0.15) is 0 Å². The molecule has 0 saturated heterocycles. The van der Waals surface area contributed by atoms with E-state index in [1.807, 2.05) is 0 Å². The van der Waals surface area contributed by atoms with Crippen LogP contribution in [-0.2, 0) is 14.4 Å². The van der Waals surface area contributed by atoms with E-state index in [9.17, 15) is 9.59 Å². The molecule has 0 aromatic rings. The van der Waals surface area contributed by atoms with Crippen LogP contribution in [0.15, 0.2) is 0 Å². The van der Waals surface area contributed by atoms with Crippen LogP contribution in [0.4, 0.5) is 0 Å². The molecule has 0 aromatic carbocycles. The van der Waals surface area contributed by atoms with E-state index >= 15 is 0 Å². The van der Waals surface area contributed by atoms with Gasteiger partial charge in [-0.25, -0.2) is 0 Å². The van der Waals surface area contributed by atoms with Crippen molar-refractivity contribution in [1.29, 1.82) is 0 Å². The molecule has 0 aliphatic heterocycles. The molecular weight excluding hydrogens is 158 g/mol. The average Bonchev–Trinajstić information content (AvgIpc) is 1.98. The van der Waals surface area contributed by atoms with Gasteiger partial charge in [0.1, 0.15) is 6.29 Å². The van der Waals surface area contributed by atoms with Crippen molar-refractivity contribution in [2.75, 3.05) is 14.1 Å². The molecule has 0 fully saturated rings. The Hall–Kier alpha value is -0.900. The second-order valence-electron chi connectivity index (χ2n) is 2.87. The topological polar surface area (TPSA) is 46.6 Å². The third-order valence-corrected chi connectivity index (χ3v) is 1.39. The Labute approximate surface area is 72.4 Å². The van der Waals surface area contributed by atoms with Crippen molar-refractivity contribution < 1.29 is 14.4 Å². The zero-order valence-corrected chi connectivity index (χ0v) is 7.74. The number of hydrogen-bond acceptors (Lipinski definition) is 4. The third kappa shape index (κ3) is 4.85. The fourth-order valence-electron chi connectivity index (χ4n) is 0.706. The first kappa shape index (κ1) is 11.1. The summed E-state index contributed by atoms with van der Waals surface area (Å²) in [4.78, 5) is 25.9. The molecule has 0 aromatic heterocycles. The van der Waals surface area contributed by atoms with E-state index in [1.54, 1.807) is 21.0 Å². The van der Waals surface area contributed by atoms with Crippen LogP contribution in [0.2, 0.25) is 0 Å². The van der Waals surface area contributed by atoms with Gasteiger partial charge in [0.2, 0.25) is 0 Å². The van der Waals surface area contributed by atoms with E-state index in [2.05, 4.69) is 0 Å². The smallest absolute Gasteiger partial charge is 0.327 e. The van der Waals surface area contributed by atoms with Crippen LogP contribution in [0, 0.1) is 5.92 Å². The molecule has 0 amide bonds. The lowest BCUT2D eigenvalue weighted by Crippen LogP contribution is -2.23. The number of hydrogen-bond donors (Lipinski definition) is 0. The summed E-state index contributed by atoms with van der Waals surface area (Å²) in [5, 5.41) is 1.35. The molecule has 0 aliphatic carbocycles. The minimum Gasteiger partial charge on any atom is -0.368 e. The highest BCUT2D eigenvalue weighted by Crippen LogP contribution is 2.06. The Balaban J connectivity index is 3.68. The van der Waals surface area contributed by atoms with E-state index < -0.39 is 0 Å². The van der Waals surface area contributed by atoms with Crippen molar-refractivity contribution in [3.63, 3.8) is 0 Å². The molecule has 12 heavy (non-hydrogen) atoms. The van der Waals surface area contributed by atoms with Gasteiger partial charge in [-0.05, 0) is 6.42 Å². The molecule has 0 radical (unpaired) electrons. The van der Waals surface area contributed by atoms with Crippen molar-refractivity contribution in [3.8, 4) is 0 Å². The summed E-state index contributed by atoms with van der Waals surface area (Å²) >= 11 is 0. The fourth-order valence-corrected chi connectivity index (χ4v) is 0.706. The maximum atomic E-state index is 11.1. The molecule has 1 unspecified atom stereocenters. The highest BCUT2D eigenvalue weighted by molar-refractivity contribution is 5.72. The maximum absolute atomic E-state index is 11.1. The van der Waals surface area contributed by atoms with Crippen LogP contribution in [0.5, 0.6) is 0 Å². The van der Waals surface area contributed by atoms with Crippen LogP contribution in [0.25, 0.3) is 0 Å². The van der Waals surface area contributed by atoms with Gasteiger partial charge in [0.25, 0.3) is 0 Å². The first-order chi connectivity index (χ1) is 5.57. The highest BCUT2D eigenvalue weighted by Gasteiger charge is 2.14. The van der Waals surface area contributed by atoms with Gasteiger partial charge >= 0.3 is 5.97 Å². The molecule has 0 bridgehead atoms. The molecule has 0 aliphatic rings. The second kappa shape index (κ2) is 5.71. The third-order valence-electron chi connectivity index (χ3n) is 1.39. The van der Waals surface area contributed by atoms with Gasteiger partial charge in [-0.1, -0.05) is 6.92 Å². The van der Waals surface area contributed by atoms with Gasteiger partial charge in [0.05, 0.1) is 5.92 Å². The minimum atomic E-state index is -0.290. The summed E-state index contributed by atoms with van der Waals surface area (Å²) in [6.07, 6.45) is 1.76. The number of hydroxylamine groups is 2. The summed E-state index contributed by atoms with van der Waals surface area (Å²) in [7, 11) is 3.29. The standard InChI is InChI=1S/C8H15NO3/c1-7(5-4-6-10)8(11)12-9(2)3/h6-7H,4-5H2,1-3H3. The maximum Gasteiger partial charge on any atom is 0.327 e.